The van der Waals surface area contributed by atoms with Gasteiger partial charge in [0.15, 0.2) is 0 Å². The second-order valence-electron chi connectivity index (χ2n) is 7.35. The maximum Gasteiger partial charge on any atom is 0.469 e. The molecule has 0 saturated carbocycles. The Morgan fingerprint density at radius 3 is 2.19 bits per heavy atom. The van der Waals surface area contributed by atoms with Gasteiger partial charge in [0.2, 0.25) is 0 Å². The van der Waals surface area contributed by atoms with E-state index in [1.54, 1.807) is 0 Å². The number of unbranched alkanes of at least 4 members (excludes halogenated alkanes) is 11. The van der Waals surface area contributed by atoms with E-state index in [2.05, 4.69) is 17.5 Å². The zero-order chi connectivity index (χ0) is 19.1. The van der Waals surface area contributed by atoms with Crippen LogP contribution in [0.25, 0.3) is 0 Å². The summed E-state index contributed by atoms with van der Waals surface area (Å²) in [5.74, 6) is 0. The van der Waals surface area contributed by atoms with Crippen LogP contribution in [0, 0.1) is 0 Å². The van der Waals surface area contributed by atoms with Gasteiger partial charge < -0.3 is 14.5 Å². The van der Waals surface area contributed by atoms with Gasteiger partial charge in [0.05, 0.1) is 13.2 Å². The monoisotopic (exact) mass is 390 g/mol. The van der Waals surface area contributed by atoms with E-state index in [-0.39, 0.29) is 6.61 Å². The summed E-state index contributed by atoms with van der Waals surface area (Å²) in [7, 11) is -4.28. The largest absolute Gasteiger partial charge is 0.469 e. The van der Waals surface area contributed by atoms with Crippen molar-refractivity contribution in [1.82, 2.24) is 0 Å². The molecule has 0 aliphatic carbocycles. The highest BCUT2D eigenvalue weighted by Crippen LogP contribution is 2.35. The van der Waals surface area contributed by atoms with Gasteiger partial charge >= 0.3 is 7.82 Å². The first kappa shape index (κ1) is 23.8. The molecule has 1 aliphatic rings. The smallest absolute Gasteiger partial charge is 0.368 e. The molecule has 26 heavy (non-hydrogen) atoms. The molecule has 0 amide bonds. The lowest BCUT2D eigenvalue weighted by Gasteiger charge is -2.06. The lowest BCUT2D eigenvalue weighted by atomic mass is 10.0. The molecule has 2 N–H and O–H groups in total. The minimum absolute atomic E-state index is 0.149. The second-order valence-corrected chi connectivity index (χ2v) is 8.59. The van der Waals surface area contributed by atoms with Crippen LogP contribution in [0.5, 0.6) is 0 Å². The third kappa shape index (κ3) is 14.9. The molecule has 154 valence electrons. The lowest BCUT2D eigenvalue weighted by Crippen LogP contribution is -1.94. The lowest BCUT2D eigenvalue weighted by molar-refractivity contribution is 0.193. The average molecular weight is 391 g/mol. The summed E-state index contributed by atoms with van der Waals surface area (Å²) in [5, 5.41) is 0. The van der Waals surface area contributed by atoms with Crippen molar-refractivity contribution in [3.05, 3.63) is 11.6 Å². The Hall–Kier alpha value is -0.190. The molecule has 1 fully saturated rings. The van der Waals surface area contributed by atoms with E-state index < -0.39 is 7.82 Å². The molecule has 0 radical (unpaired) electrons. The normalized spacial score (nSPS) is 17.7. The summed E-state index contributed by atoms with van der Waals surface area (Å²) < 4.78 is 20.5. The van der Waals surface area contributed by atoms with E-state index in [9.17, 15) is 4.57 Å². The first-order valence-corrected chi connectivity index (χ1v) is 12.1. The molecular formula is C20H39O5P. The van der Waals surface area contributed by atoms with E-state index in [0.29, 0.717) is 12.5 Å². The SMILES string of the molecule is CCCCCCCC/C(=C\CCCCCCCCOP(=O)(O)O)C1CO1. The molecule has 0 aromatic carbocycles. The minimum atomic E-state index is -4.28. The van der Waals surface area contributed by atoms with Gasteiger partial charge in [-0.05, 0) is 37.7 Å². The summed E-state index contributed by atoms with van der Waals surface area (Å²) in [5.41, 5.74) is 1.52. The van der Waals surface area contributed by atoms with Crippen molar-refractivity contribution in [2.75, 3.05) is 13.2 Å². The van der Waals surface area contributed by atoms with Crippen molar-refractivity contribution in [3.8, 4) is 0 Å². The van der Waals surface area contributed by atoms with Gasteiger partial charge in [0, 0.05) is 0 Å². The van der Waals surface area contributed by atoms with Gasteiger partial charge in [0.25, 0.3) is 0 Å². The predicted molar refractivity (Wildman–Crippen MR) is 106 cm³/mol. The van der Waals surface area contributed by atoms with Crippen molar-refractivity contribution in [2.24, 2.45) is 0 Å². The quantitative estimate of drug-likeness (QED) is 0.132. The van der Waals surface area contributed by atoms with E-state index in [1.807, 2.05) is 0 Å². The van der Waals surface area contributed by atoms with Crippen molar-refractivity contribution in [2.45, 2.75) is 103 Å². The topological polar surface area (TPSA) is 79.3 Å². The van der Waals surface area contributed by atoms with Crippen LogP contribution in [0.15, 0.2) is 11.6 Å². The predicted octanol–water partition coefficient (Wildman–Crippen LogP) is 5.90. The summed E-state index contributed by atoms with van der Waals surface area (Å²) in [4.78, 5) is 17.2. The molecule has 6 heteroatoms. The highest BCUT2D eigenvalue weighted by molar-refractivity contribution is 7.46. The number of rotatable bonds is 18. The van der Waals surface area contributed by atoms with Crippen molar-refractivity contribution in [3.63, 3.8) is 0 Å². The van der Waals surface area contributed by atoms with Crippen LogP contribution in [0.4, 0.5) is 0 Å². The summed E-state index contributed by atoms with van der Waals surface area (Å²) in [6.07, 6.45) is 19.6. The van der Waals surface area contributed by atoms with Gasteiger partial charge in [-0.3, -0.25) is 4.52 Å². The Bertz CT molecular complexity index is 414. The van der Waals surface area contributed by atoms with Crippen LogP contribution in [-0.2, 0) is 13.8 Å². The van der Waals surface area contributed by atoms with Crippen molar-refractivity contribution >= 4 is 7.82 Å². The second kappa shape index (κ2) is 14.8. The number of phosphoric acid groups is 1. The Balaban J connectivity index is 1.96. The number of epoxide rings is 1. The van der Waals surface area contributed by atoms with Gasteiger partial charge in [0.1, 0.15) is 6.10 Å². The van der Waals surface area contributed by atoms with Crippen LogP contribution in [0.1, 0.15) is 96.8 Å². The molecule has 1 aliphatic heterocycles. The summed E-state index contributed by atoms with van der Waals surface area (Å²) >= 11 is 0. The molecule has 1 heterocycles. The fraction of sp³-hybridized carbons (Fsp3) is 0.900. The van der Waals surface area contributed by atoms with Crippen LogP contribution in [0.2, 0.25) is 0 Å². The van der Waals surface area contributed by atoms with Gasteiger partial charge in [-0.15, -0.1) is 0 Å². The van der Waals surface area contributed by atoms with Crippen molar-refractivity contribution < 1.29 is 23.6 Å². The van der Waals surface area contributed by atoms with Gasteiger partial charge in [-0.25, -0.2) is 4.57 Å². The Morgan fingerprint density at radius 2 is 1.58 bits per heavy atom. The minimum Gasteiger partial charge on any atom is -0.368 e. The molecule has 0 aromatic heterocycles. The van der Waals surface area contributed by atoms with E-state index in [1.165, 1.54) is 69.8 Å². The zero-order valence-electron chi connectivity index (χ0n) is 16.5. The zero-order valence-corrected chi connectivity index (χ0v) is 17.4. The van der Waals surface area contributed by atoms with Crippen LogP contribution in [-0.4, -0.2) is 29.1 Å². The molecule has 1 unspecified atom stereocenters. The van der Waals surface area contributed by atoms with Gasteiger partial charge in [-0.2, -0.15) is 0 Å². The van der Waals surface area contributed by atoms with Crippen LogP contribution < -0.4 is 0 Å². The Labute approximate surface area is 159 Å². The number of hydrogen-bond acceptors (Lipinski definition) is 3. The highest BCUT2D eigenvalue weighted by atomic mass is 31.2. The molecule has 0 bridgehead atoms. The average Bonchev–Trinajstić information content (AvgIpc) is 3.41. The highest BCUT2D eigenvalue weighted by Gasteiger charge is 2.26. The number of allylic oxidation sites excluding steroid dienone is 1. The first-order chi connectivity index (χ1) is 12.5. The number of hydrogen-bond donors (Lipinski definition) is 2. The van der Waals surface area contributed by atoms with E-state index in [4.69, 9.17) is 14.5 Å². The van der Waals surface area contributed by atoms with Gasteiger partial charge in [-0.1, -0.05) is 70.8 Å². The molecule has 0 aromatic rings. The van der Waals surface area contributed by atoms with E-state index in [0.717, 1.165) is 25.9 Å². The third-order valence-electron chi connectivity index (χ3n) is 4.83. The molecule has 1 rings (SSSR count). The van der Waals surface area contributed by atoms with Crippen LogP contribution >= 0.6 is 7.82 Å². The molecule has 1 atom stereocenters. The first-order valence-electron chi connectivity index (χ1n) is 10.5. The summed E-state index contributed by atoms with van der Waals surface area (Å²) in [6.45, 7) is 3.32. The fourth-order valence-corrected chi connectivity index (χ4v) is 3.56. The summed E-state index contributed by atoms with van der Waals surface area (Å²) in [6, 6.07) is 0. The van der Waals surface area contributed by atoms with Crippen LogP contribution in [0.3, 0.4) is 0 Å². The number of ether oxygens (including phenoxy) is 1. The third-order valence-corrected chi connectivity index (χ3v) is 5.35. The maximum atomic E-state index is 10.5. The molecular weight excluding hydrogens is 351 g/mol. The maximum absolute atomic E-state index is 10.5. The Kier molecular flexibility index (Phi) is 13.6. The van der Waals surface area contributed by atoms with Crippen molar-refractivity contribution in [1.29, 1.82) is 0 Å². The standard InChI is InChI=1S/C20H39O5P/c1-2-3-4-5-9-12-15-19(20-18-24-20)16-13-10-7-6-8-11-14-17-25-26(21,22)23/h16,20H,2-15,17-18H2,1H3,(H2,21,22,23)/b19-16+. The molecule has 0 spiro atoms. The molecule has 5 nitrogen and oxygen atoms in total. The Morgan fingerprint density at radius 1 is 1.00 bits per heavy atom. The molecule has 1 saturated heterocycles. The fourth-order valence-electron chi connectivity index (χ4n) is 3.19. The number of phosphoric ester groups is 1. The van der Waals surface area contributed by atoms with E-state index >= 15 is 0 Å².